The molecule has 0 atom stereocenters. The summed E-state index contributed by atoms with van der Waals surface area (Å²) in [4.78, 5) is 0. The molecule has 0 bridgehead atoms. The number of rotatable bonds is 3. The molecule has 3 nitrogen and oxygen atoms in total. The number of hydrogen-bond donors (Lipinski definition) is 2. The van der Waals surface area contributed by atoms with Gasteiger partial charge in [0.05, 0.1) is 23.7 Å². The number of anilines is 3. The van der Waals surface area contributed by atoms with Crippen LogP contribution in [0.2, 0.25) is 0 Å². The van der Waals surface area contributed by atoms with Crippen molar-refractivity contribution >= 4 is 17.1 Å². The van der Waals surface area contributed by atoms with E-state index in [0.29, 0.717) is 0 Å². The van der Waals surface area contributed by atoms with Crippen LogP contribution in [0.5, 0.6) is 0 Å². The Morgan fingerprint density at radius 3 is 2.13 bits per heavy atom. The van der Waals surface area contributed by atoms with Crippen molar-refractivity contribution in [1.82, 2.24) is 0 Å². The summed E-state index contributed by atoms with van der Waals surface area (Å²) in [5.74, 6) is 0. The number of nitrogens with zero attached hydrogens (tertiary/aromatic N) is 1. The molecule has 3 heteroatoms. The predicted molar refractivity (Wildman–Crippen MR) is 93.8 cm³/mol. The van der Waals surface area contributed by atoms with Crippen molar-refractivity contribution in [2.24, 2.45) is 0 Å². The van der Waals surface area contributed by atoms with Gasteiger partial charge in [0.1, 0.15) is 0 Å². The molecule has 2 N–H and O–H groups in total. The number of benzene rings is 3. The highest BCUT2D eigenvalue weighted by Gasteiger charge is 2.22. The van der Waals surface area contributed by atoms with Crippen LogP contribution in [0.1, 0.15) is 16.7 Å². The summed E-state index contributed by atoms with van der Waals surface area (Å²) >= 11 is 0. The molecule has 1 aliphatic rings. The Kier molecular flexibility index (Phi) is 3.48. The van der Waals surface area contributed by atoms with Crippen molar-refractivity contribution in [3.05, 3.63) is 89.5 Å². The maximum Gasteiger partial charge on any atom is 0.0682 e. The highest BCUT2D eigenvalue weighted by molar-refractivity contribution is 5.77. The minimum Gasteiger partial charge on any atom is -0.392 e. The van der Waals surface area contributed by atoms with Crippen LogP contribution in [0.4, 0.5) is 17.1 Å². The van der Waals surface area contributed by atoms with Crippen LogP contribution >= 0.6 is 0 Å². The van der Waals surface area contributed by atoms with Gasteiger partial charge in [-0.05, 0) is 41.0 Å². The molecule has 1 aliphatic heterocycles. The Morgan fingerprint density at radius 1 is 0.826 bits per heavy atom. The largest absolute Gasteiger partial charge is 0.392 e. The molecule has 4 rings (SSSR count). The molecule has 0 radical (unpaired) electrons. The van der Waals surface area contributed by atoms with Crippen LogP contribution in [-0.4, -0.2) is 5.11 Å². The molecule has 1 heterocycles. The van der Waals surface area contributed by atoms with E-state index in [1.54, 1.807) is 0 Å². The van der Waals surface area contributed by atoms with E-state index in [0.717, 1.165) is 17.7 Å². The van der Waals surface area contributed by atoms with Gasteiger partial charge in [0.15, 0.2) is 0 Å². The van der Waals surface area contributed by atoms with Gasteiger partial charge in [0.25, 0.3) is 0 Å². The minimum atomic E-state index is 0.0443. The third-order valence-electron chi connectivity index (χ3n) is 4.20. The Balaban J connectivity index is 1.78. The smallest absolute Gasteiger partial charge is 0.0682 e. The second-order valence-corrected chi connectivity index (χ2v) is 5.74. The molecule has 114 valence electrons. The monoisotopic (exact) mass is 302 g/mol. The normalized spacial score (nSPS) is 12.5. The van der Waals surface area contributed by atoms with Gasteiger partial charge in [-0.3, -0.25) is 10.4 Å². The maximum atomic E-state index is 9.34. The SMILES string of the molecule is OCc1cccc(NN2c3ccccc3Cc3ccccc32)c1. The predicted octanol–water partition coefficient (Wildman–Crippen LogP) is 4.25. The zero-order valence-electron chi connectivity index (χ0n) is 12.7. The highest BCUT2D eigenvalue weighted by Crippen LogP contribution is 2.38. The molecule has 0 aliphatic carbocycles. The van der Waals surface area contributed by atoms with E-state index in [1.165, 1.54) is 22.5 Å². The van der Waals surface area contributed by atoms with Gasteiger partial charge in [-0.1, -0.05) is 48.5 Å². The van der Waals surface area contributed by atoms with E-state index >= 15 is 0 Å². The molecule has 0 saturated heterocycles. The number of aliphatic hydroxyl groups excluding tert-OH is 1. The summed E-state index contributed by atoms with van der Waals surface area (Å²) in [5, 5.41) is 11.5. The standard InChI is InChI=1S/C20H18N2O/c23-14-15-6-5-9-18(12-15)21-22-19-10-3-1-7-16(19)13-17-8-2-4-11-20(17)22/h1-12,21,23H,13-14H2. The van der Waals surface area contributed by atoms with E-state index in [9.17, 15) is 5.11 Å². The maximum absolute atomic E-state index is 9.34. The molecule has 0 aromatic heterocycles. The fourth-order valence-electron chi connectivity index (χ4n) is 3.08. The second-order valence-electron chi connectivity index (χ2n) is 5.74. The lowest BCUT2D eigenvalue weighted by Gasteiger charge is -2.34. The van der Waals surface area contributed by atoms with Crippen molar-refractivity contribution in [3.8, 4) is 0 Å². The number of aliphatic hydroxyl groups is 1. The highest BCUT2D eigenvalue weighted by atomic mass is 16.3. The molecule has 3 aromatic rings. The summed E-state index contributed by atoms with van der Waals surface area (Å²) in [6.45, 7) is 0.0443. The summed E-state index contributed by atoms with van der Waals surface area (Å²) in [7, 11) is 0. The first-order chi connectivity index (χ1) is 11.3. The third kappa shape index (κ3) is 2.56. The first-order valence-corrected chi connectivity index (χ1v) is 7.77. The van der Waals surface area contributed by atoms with Crippen molar-refractivity contribution in [1.29, 1.82) is 0 Å². The average Bonchev–Trinajstić information content (AvgIpc) is 2.61. The number of fused-ring (bicyclic) bond motifs is 2. The first kappa shape index (κ1) is 13.9. The summed E-state index contributed by atoms with van der Waals surface area (Å²) in [6.07, 6.45) is 0.946. The molecular formula is C20H18N2O. The van der Waals surface area contributed by atoms with Gasteiger partial charge in [-0.15, -0.1) is 0 Å². The molecule has 23 heavy (non-hydrogen) atoms. The zero-order valence-corrected chi connectivity index (χ0v) is 12.7. The molecule has 3 aromatic carbocycles. The lowest BCUT2D eigenvalue weighted by molar-refractivity contribution is 0.282. The number of nitrogens with one attached hydrogen (secondary N) is 1. The average molecular weight is 302 g/mol. The van der Waals surface area contributed by atoms with Gasteiger partial charge in [-0.25, -0.2) is 0 Å². The molecular weight excluding hydrogens is 284 g/mol. The third-order valence-corrected chi connectivity index (χ3v) is 4.20. The molecule has 0 amide bonds. The quantitative estimate of drug-likeness (QED) is 0.759. The lowest BCUT2D eigenvalue weighted by atomic mass is 9.97. The van der Waals surface area contributed by atoms with Crippen LogP contribution in [-0.2, 0) is 13.0 Å². The summed E-state index contributed by atoms with van der Waals surface area (Å²) in [5.41, 5.74) is 10.3. The second kappa shape index (κ2) is 5.78. The lowest BCUT2D eigenvalue weighted by Crippen LogP contribution is -2.29. The van der Waals surface area contributed by atoms with E-state index in [2.05, 4.69) is 59.0 Å². The van der Waals surface area contributed by atoms with E-state index in [-0.39, 0.29) is 6.61 Å². The van der Waals surface area contributed by atoms with E-state index in [1.807, 2.05) is 24.3 Å². The van der Waals surface area contributed by atoms with E-state index < -0.39 is 0 Å². The molecule has 0 fully saturated rings. The topological polar surface area (TPSA) is 35.5 Å². The summed E-state index contributed by atoms with van der Waals surface area (Å²) < 4.78 is 0. The Labute approximate surface area is 135 Å². The van der Waals surface area contributed by atoms with Gasteiger partial charge >= 0.3 is 0 Å². The fourth-order valence-corrected chi connectivity index (χ4v) is 3.08. The van der Waals surface area contributed by atoms with Crippen molar-refractivity contribution in [2.45, 2.75) is 13.0 Å². The van der Waals surface area contributed by atoms with Gasteiger partial charge in [-0.2, -0.15) is 0 Å². The van der Waals surface area contributed by atoms with Crippen LogP contribution in [0, 0.1) is 0 Å². The molecule has 0 unspecified atom stereocenters. The van der Waals surface area contributed by atoms with Gasteiger partial charge < -0.3 is 5.11 Å². The number of para-hydroxylation sites is 2. The van der Waals surface area contributed by atoms with Crippen LogP contribution < -0.4 is 10.4 Å². The Hall–Kier alpha value is -2.78. The van der Waals surface area contributed by atoms with Crippen molar-refractivity contribution in [2.75, 3.05) is 10.4 Å². The number of hydrogen-bond acceptors (Lipinski definition) is 3. The fraction of sp³-hybridized carbons (Fsp3) is 0.100. The van der Waals surface area contributed by atoms with Gasteiger partial charge in [0.2, 0.25) is 0 Å². The van der Waals surface area contributed by atoms with E-state index in [4.69, 9.17) is 0 Å². The zero-order chi connectivity index (χ0) is 15.6. The molecule has 0 saturated carbocycles. The van der Waals surface area contributed by atoms with Gasteiger partial charge in [0, 0.05) is 6.42 Å². The number of hydrazine groups is 1. The van der Waals surface area contributed by atoms with Crippen LogP contribution in [0.25, 0.3) is 0 Å². The van der Waals surface area contributed by atoms with Crippen molar-refractivity contribution in [3.63, 3.8) is 0 Å². The molecule has 0 spiro atoms. The summed E-state index contributed by atoms with van der Waals surface area (Å²) in [6, 6.07) is 24.8. The minimum absolute atomic E-state index is 0.0443. The first-order valence-electron chi connectivity index (χ1n) is 7.77. The Bertz CT molecular complexity index is 799. The van der Waals surface area contributed by atoms with Crippen molar-refractivity contribution < 1.29 is 5.11 Å². The van der Waals surface area contributed by atoms with Crippen LogP contribution in [0.3, 0.4) is 0 Å². The van der Waals surface area contributed by atoms with Crippen LogP contribution in [0.15, 0.2) is 72.8 Å². The Morgan fingerprint density at radius 2 is 1.48 bits per heavy atom.